The molecule has 30 heavy (non-hydrogen) atoms. The van der Waals surface area contributed by atoms with Crippen LogP contribution in [-0.4, -0.2) is 0 Å². The third kappa shape index (κ3) is 2.94. The first-order chi connectivity index (χ1) is 14.8. The number of furan rings is 1. The number of benzene rings is 4. The van der Waals surface area contributed by atoms with Crippen LogP contribution in [0.5, 0.6) is 0 Å². The first-order valence-electron chi connectivity index (χ1n) is 9.48. The predicted octanol–water partition coefficient (Wildman–Crippen LogP) is 6.80. The number of fused-ring (bicyclic) bond motifs is 3. The van der Waals surface area contributed by atoms with E-state index in [1.165, 1.54) is 0 Å². The Bertz CT molecular complexity index is 1390. The fraction of sp³-hybridized carbons (Fsp3) is 0. The molecule has 0 N–H and O–H groups in total. The zero-order chi connectivity index (χ0) is 20.5. The van der Waals surface area contributed by atoms with Crippen LogP contribution in [0, 0.1) is 22.7 Å². The highest BCUT2D eigenvalue weighted by molar-refractivity contribution is 6.06. The van der Waals surface area contributed by atoms with Gasteiger partial charge in [0.05, 0.1) is 23.3 Å². The van der Waals surface area contributed by atoms with Gasteiger partial charge in [-0.2, -0.15) is 10.5 Å². The van der Waals surface area contributed by atoms with Crippen LogP contribution in [-0.2, 0) is 0 Å². The molecule has 0 saturated heterocycles. The lowest BCUT2D eigenvalue weighted by molar-refractivity contribution is 0.669. The molecule has 0 atom stereocenters. The molecule has 0 saturated carbocycles. The highest BCUT2D eigenvalue weighted by Gasteiger charge is 2.15. The van der Waals surface area contributed by atoms with Gasteiger partial charge in [-0.05, 0) is 72.8 Å². The van der Waals surface area contributed by atoms with Crippen LogP contribution in [0.2, 0.25) is 0 Å². The molecule has 0 amide bonds. The minimum absolute atomic E-state index is 0.606. The van der Waals surface area contributed by atoms with Gasteiger partial charge in [0.1, 0.15) is 11.2 Å². The van der Waals surface area contributed by atoms with Crippen LogP contribution < -0.4 is 4.90 Å². The second-order valence-electron chi connectivity index (χ2n) is 6.93. The fourth-order valence-electron chi connectivity index (χ4n) is 3.67. The summed E-state index contributed by atoms with van der Waals surface area (Å²) >= 11 is 0. The Labute approximate surface area is 173 Å². The summed E-state index contributed by atoms with van der Waals surface area (Å²) in [7, 11) is 0. The van der Waals surface area contributed by atoms with E-state index < -0.39 is 0 Å². The smallest absolute Gasteiger partial charge is 0.135 e. The van der Waals surface area contributed by atoms with Gasteiger partial charge < -0.3 is 9.32 Å². The topological polar surface area (TPSA) is 64.0 Å². The van der Waals surface area contributed by atoms with Crippen molar-refractivity contribution in [1.82, 2.24) is 0 Å². The summed E-state index contributed by atoms with van der Waals surface area (Å²) in [5.74, 6) is 0. The number of rotatable bonds is 3. The van der Waals surface area contributed by atoms with Crippen LogP contribution in [0.25, 0.3) is 21.9 Å². The first kappa shape index (κ1) is 17.6. The maximum atomic E-state index is 9.15. The van der Waals surface area contributed by atoms with Crippen LogP contribution in [0.15, 0.2) is 95.4 Å². The third-order valence-electron chi connectivity index (χ3n) is 5.13. The molecule has 0 aliphatic carbocycles. The third-order valence-corrected chi connectivity index (χ3v) is 5.13. The predicted molar refractivity (Wildman–Crippen MR) is 118 cm³/mol. The molecule has 1 heterocycles. The number of hydrogen-bond acceptors (Lipinski definition) is 4. The Morgan fingerprint density at radius 3 is 1.70 bits per heavy atom. The Balaban J connectivity index is 1.71. The normalized spacial score (nSPS) is 10.6. The summed E-state index contributed by atoms with van der Waals surface area (Å²) in [6.45, 7) is 0. The molecule has 1 aromatic heterocycles. The maximum Gasteiger partial charge on any atom is 0.135 e. The van der Waals surface area contributed by atoms with Gasteiger partial charge >= 0.3 is 0 Å². The molecule has 0 aliphatic heterocycles. The van der Waals surface area contributed by atoms with E-state index in [0.29, 0.717) is 11.1 Å². The molecule has 5 rings (SSSR count). The maximum absolute atomic E-state index is 9.15. The largest absolute Gasteiger partial charge is 0.456 e. The molecular formula is C26H15N3O. The second-order valence-corrected chi connectivity index (χ2v) is 6.93. The first-order valence-corrected chi connectivity index (χ1v) is 9.48. The van der Waals surface area contributed by atoms with Crippen LogP contribution in [0.1, 0.15) is 11.1 Å². The van der Waals surface area contributed by atoms with Crippen molar-refractivity contribution in [2.75, 3.05) is 4.90 Å². The summed E-state index contributed by atoms with van der Waals surface area (Å²) < 4.78 is 5.97. The number of nitrogens with zero attached hydrogens (tertiary/aromatic N) is 3. The van der Waals surface area contributed by atoms with Gasteiger partial charge in [-0.15, -0.1) is 0 Å². The molecule has 0 unspecified atom stereocenters. The molecule has 0 spiro atoms. The van der Waals surface area contributed by atoms with Crippen LogP contribution >= 0.6 is 0 Å². The van der Waals surface area contributed by atoms with Crippen molar-refractivity contribution in [3.8, 4) is 12.1 Å². The number of nitriles is 2. The molecule has 5 aromatic rings. The Hall–Kier alpha value is -4.54. The summed E-state index contributed by atoms with van der Waals surface area (Å²) in [4.78, 5) is 2.10. The van der Waals surface area contributed by atoms with Crippen molar-refractivity contribution in [2.24, 2.45) is 0 Å². The Kier molecular flexibility index (Phi) is 4.17. The lowest BCUT2D eigenvalue weighted by Crippen LogP contribution is -2.09. The molecule has 0 fully saturated rings. The van der Waals surface area contributed by atoms with Crippen molar-refractivity contribution >= 4 is 39.0 Å². The van der Waals surface area contributed by atoms with Crippen LogP contribution in [0.4, 0.5) is 17.1 Å². The molecule has 0 aliphatic rings. The standard InChI is InChI=1S/C26H15N3O/c27-16-18-5-9-20(10-6-18)29(21-11-7-19(17-28)8-12-21)22-13-14-26-24(15-22)23-3-1-2-4-25(23)30-26/h1-15H. The zero-order valence-corrected chi connectivity index (χ0v) is 15.9. The molecule has 4 aromatic carbocycles. The lowest BCUT2D eigenvalue weighted by Gasteiger charge is -2.25. The molecule has 4 heteroatoms. The van der Waals surface area contributed by atoms with Crippen molar-refractivity contribution in [1.29, 1.82) is 10.5 Å². The molecular weight excluding hydrogens is 370 g/mol. The summed E-state index contributed by atoms with van der Waals surface area (Å²) in [5, 5.41) is 20.4. The van der Waals surface area contributed by atoms with Crippen LogP contribution in [0.3, 0.4) is 0 Å². The Morgan fingerprint density at radius 2 is 1.10 bits per heavy atom. The van der Waals surface area contributed by atoms with Gasteiger partial charge in [0.15, 0.2) is 0 Å². The molecule has 0 bridgehead atoms. The van der Waals surface area contributed by atoms with Crippen molar-refractivity contribution in [3.05, 3.63) is 102 Å². The van der Waals surface area contributed by atoms with Gasteiger partial charge in [-0.3, -0.25) is 0 Å². The number of anilines is 3. The van der Waals surface area contributed by atoms with Gasteiger partial charge in [0.2, 0.25) is 0 Å². The van der Waals surface area contributed by atoms with E-state index in [2.05, 4.69) is 29.2 Å². The minimum atomic E-state index is 0.606. The highest BCUT2D eigenvalue weighted by Crippen LogP contribution is 2.38. The van der Waals surface area contributed by atoms with Crippen molar-refractivity contribution < 1.29 is 4.42 Å². The number of hydrogen-bond donors (Lipinski definition) is 0. The second kappa shape index (κ2) is 7.13. The highest BCUT2D eigenvalue weighted by atomic mass is 16.3. The van der Waals surface area contributed by atoms with Crippen molar-refractivity contribution in [2.45, 2.75) is 0 Å². The van der Waals surface area contributed by atoms with Crippen molar-refractivity contribution in [3.63, 3.8) is 0 Å². The quantitative estimate of drug-likeness (QED) is 0.343. The monoisotopic (exact) mass is 385 g/mol. The Morgan fingerprint density at radius 1 is 0.567 bits per heavy atom. The van der Waals surface area contributed by atoms with E-state index in [1.807, 2.05) is 54.6 Å². The zero-order valence-electron chi connectivity index (χ0n) is 15.9. The number of para-hydroxylation sites is 1. The van der Waals surface area contributed by atoms with Gasteiger partial charge in [-0.1, -0.05) is 18.2 Å². The van der Waals surface area contributed by atoms with E-state index in [4.69, 9.17) is 14.9 Å². The minimum Gasteiger partial charge on any atom is -0.456 e. The van der Waals surface area contributed by atoms with Gasteiger partial charge in [-0.25, -0.2) is 0 Å². The SMILES string of the molecule is N#Cc1ccc(N(c2ccc(C#N)cc2)c2ccc3oc4ccccc4c3c2)cc1. The average molecular weight is 385 g/mol. The molecule has 4 nitrogen and oxygen atoms in total. The summed E-state index contributed by atoms with van der Waals surface area (Å²) in [6.07, 6.45) is 0. The fourth-order valence-corrected chi connectivity index (χ4v) is 3.67. The average Bonchev–Trinajstić information content (AvgIpc) is 3.18. The van der Waals surface area contributed by atoms with E-state index in [9.17, 15) is 0 Å². The molecule has 140 valence electrons. The molecule has 0 radical (unpaired) electrons. The van der Waals surface area contributed by atoms with E-state index in [0.717, 1.165) is 39.0 Å². The van der Waals surface area contributed by atoms with E-state index >= 15 is 0 Å². The van der Waals surface area contributed by atoms with E-state index in [-0.39, 0.29) is 0 Å². The van der Waals surface area contributed by atoms with Gasteiger partial charge in [0.25, 0.3) is 0 Å². The lowest BCUT2D eigenvalue weighted by atomic mass is 10.1. The summed E-state index contributed by atoms with van der Waals surface area (Å²) in [6, 6.07) is 33.3. The van der Waals surface area contributed by atoms with Gasteiger partial charge in [0, 0.05) is 27.8 Å². The van der Waals surface area contributed by atoms with E-state index in [1.54, 1.807) is 24.3 Å². The summed E-state index contributed by atoms with van der Waals surface area (Å²) in [5.41, 5.74) is 5.71.